The number of carboxylic acid groups (broad SMARTS) is 1. The Morgan fingerprint density at radius 1 is 1.13 bits per heavy atom. The highest BCUT2D eigenvalue weighted by Gasteiger charge is 2.33. The monoisotopic (exact) mass is 556 g/mol. The van der Waals surface area contributed by atoms with Crippen molar-refractivity contribution in [2.75, 3.05) is 37.8 Å². The number of carbonyl (C=O) groups excluding carboxylic acids is 2. The molecule has 0 bridgehead atoms. The molecule has 0 radical (unpaired) electrons. The van der Waals surface area contributed by atoms with Gasteiger partial charge in [0.25, 0.3) is 12.4 Å². The molecule has 2 amide bonds. The van der Waals surface area contributed by atoms with Crippen molar-refractivity contribution in [3.8, 4) is 0 Å². The minimum atomic E-state index is -4.66. The van der Waals surface area contributed by atoms with Crippen molar-refractivity contribution < 1.29 is 41.1 Å². The van der Waals surface area contributed by atoms with Crippen LogP contribution in [0.25, 0.3) is 10.9 Å². The molecule has 1 aliphatic rings. The lowest BCUT2D eigenvalue weighted by molar-refractivity contribution is -0.141. The molecule has 0 aliphatic carbocycles. The second kappa shape index (κ2) is 11.6. The molecule has 0 unspecified atom stereocenters. The summed E-state index contributed by atoms with van der Waals surface area (Å²) in [6, 6.07) is 7.80. The Kier molecular flexibility index (Phi) is 8.67. The summed E-state index contributed by atoms with van der Waals surface area (Å²) >= 11 is 0. The molecule has 12 nitrogen and oxygen atoms in total. The van der Waals surface area contributed by atoms with Gasteiger partial charge in [0.1, 0.15) is 17.9 Å². The zero-order chi connectivity index (χ0) is 28.1. The lowest BCUT2D eigenvalue weighted by Gasteiger charge is -2.33. The van der Waals surface area contributed by atoms with Crippen LogP contribution in [0.3, 0.4) is 0 Å². The molecule has 204 valence electrons. The van der Waals surface area contributed by atoms with E-state index >= 15 is 0 Å². The van der Waals surface area contributed by atoms with Gasteiger partial charge >= 0.3 is 6.18 Å². The maximum atomic E-state index is 12.9. The fourth-order valence-electron chi connectivity index (χ4n) is 3.66. The molecule has 0 saturated carbocycles. The number of halogens is 3. The highest BCUT2D eigenvalue weighted by Crippen LogP contribution is 2.27. The minimum Gasteiger partial charge on any atom is -0.483 e. The van der Waals surface area contributed by atoms with Gasteiger partial charge in [0, 0.05) is 43.4 Å². The molecule has 1 saturated heterocycles. The number of nitrogens with one attached hydrogen (secondary N) is 1. The van der Waals surface area contributed by atoms with Gasteiger partial charge in [0.05, 0.1) is 11.8 Å². The first kappa shape index (κ1) is 28.5. The van der Waals surface area contributed by atoms with E-state index in [9.17, 15) is 31.2 Å². The van der Waals surface area contributed by atoms with Crippen LogP contribution in [0.2, 0.25) is 0 Å². The number of amides is 2. The average Bonchev–Trinajstić information content (AvgIpc) is 3.25. The number of carbonyl (C=O) groups is 3. The van der Waals surface area contributed by atoms with E-state index in [0.717, 1.165) is 18.4 Å². The summed E-state index contributed by atoms with van der Waals surface area (Å²) in [5.41, 5.74) is -0.666. The largest absolute Gasteiger partial charge is 0.483 e. The van der Waals surface area contributed by atoms with Gasteiger partial charge in [0.15, 0.2) is 0 Å². The number of hydrogen-bond donors (Lipinski definition) is 2. The molecule has 0 atom stereocenters. The van der Waals surface area contributed by atoms with Crippen LogP contribution in [0.1, 0.15) is 16.2 Å². The molecular formula is C22H23F3N6O6S. The Morgan fingerprint density at radius 3 is 2.39 bits per heavy atom. The number of pyridine rings is 1. The maximum Gasteiger partial charge on any atom is 0.433 e. The predicted molar refractivity (Wildman–Crippen MR) is 129 cm³/mol. The van der Waals surface area contributed by atoms with Crippen LogP contribution >= 0.6 is 0 Å². The number of alkyl halides is 3. The normalized spacial score (nSPS) is 14.5. The first-order chi connectivity index (χ1) is 17.8. The third kappa shape index (κ3) is 7.25. The third-order valence-corrected chi connectivity index (χ3v) is 6.74. The summed E-state index contributed by atoms with van der Waals surface area (Å²) in [5, 5.41) is 14.3. The Hall–Kier alpha value is -4.05. The molecule has 1 fully saturated rings. The van der Waals surface area contributed by atoms with Crippen LogP contribution in [-0.4, -0.2) is 88.2 Å². The molecule has 1 aliphatic heterocycles. The standard InChI is InChI=1S/C21H21F3N6O4S.CH2O2/c1-35(33,34)30-9-7-28(8-10-30)19(31)13-29-12-14-11-15(5-6-16(14)27-29)25-20(32)17-3-2-4-18(26-17)21(22,23)24;2-1-3/h2-6,11-12H,7-10,13H2,1H3,(H,25,32);1H,(H,2,3). The Morgan fingerprint density at radius 2 is 1.79 bits per heavy atom. The second-order valence-electron chi connectivity index (χ2n) is 8.11. The average molecular weight is 557 g/mol. The summed E-state index contributed by atoms with van der Waals surface area (Å²) in [5.74, 6) is -1.01. The third-order valence-electron chi connectivity index (χ3n) is 5.44. The summed E-state index contributed by atoms with van der Waals surface area (Å²) in [7, 11) is -3.30. The molecule has 4 rings (SSSR count). The molecule has 2 N–H and O–H groups in total. The zero-order valence-corrected chi connectivity index (χ0v) is 20.7. The molecular weight excluding hydrogens is 533 g/mol. The summed E-state index contributed by atoms with van der Waals surface area (Å²) in [6.07, 6.45) is -1.92. The van der Waals surface area contributed by atoms with Crippen molar-refractivity contribution in [3.05, 3.63) is 54.0 Å². The van der Waals surface area contributed by atoms with Gasteiger partial charge in [-0.1, -0.05) is 6.07 Å². The van der Waals surface area contributed by atoms with Crippen molar-refractivity contribution in [1.82, 2.24) is 24.0 Å². The Balaban J connectivity index is 0.00000127. The number of sulfonamides is 1. The Bertz CT molecular complexity index is 1430. The molecule has 3 heterocycles. The number of hydrogen-bond acceptors (Lipinski definition) is 7. The summed E-state index contributed by atoms with van der Waals surface area (Å²) in [6.45, 7) is 0.729. The number of nitrogens with zero attached hydrogens (tertiary/aromatic N) is 5. The van der Waals surface area contributed by atoms with Crippen molar-refractivity contribution >= 4 is 44.9 Å². The smallest absolute Gasteiger partial charge is 0.433 e. The number of piperazine rings is 1. The van der Waals surface area contributed by atoms with Crippen LogP contribution < -0.4 is 5.32 Å². The first-order valence-electron chi connectivity index (χ1n) is 11.0. The fraction of sp³-hybridized carbons (Fsp3) is 0.318. The zero-order valence-electron chi connectivity index (χ0n) is 19.9. The lowest BCUT2D eigenvalue weighted by Crippen LogP contribution is -2.51. The highest BCUT2D eigenvalue weighted by atomic mass is 32.2. The van der Waals surface area contributed by atoms with E-state index < -0.39 is 27.8 Å². The van der Waals surface area contributed by atoms with Crippen LogP contribution in [0.15, 0.2) is 42.6 Å². The van der Waals surface area contributed by atoms with E-state index in [-0.39, 0.29) is 50.8 Å². The topological polar surface area (TPSA) is 155 Å². The highest BCUT2D eigenvalue weighted by molar-refractivity contribution is 7.88. The Labute approximate surface area is 214 Å². The van der Waals surface area contributed by atoms with Crippen LogP contribution in [-0.2, 0) is 32.3 Å². The van der Waals surface area contributed by atoms with Crippen molar-refractivity contribution in [3.63, 3.8) is 0 Å². The number of fused-ring (bicyclic) bond motifs is 1. The van der Waals surface area contributed by atoms with Gasteiger partial charge in [-0.05, 0) is 30.3 Å². The van der Waals surface area contributed by atoms with E-state index in [1.165, 1.54) is 21.1 Å². The van der Waals surface area contributed by atoms with Gasteiger partial charge in [-0.15, -0.1) is 0 Å². The molecule has 38 heavy (non-hydrogen) atoms. The van der Waals surface area contributed by atoms with E-state index in [4.69, 9.17) is 9.90 Å². The van der Waals surface area contributed by atoms with Crippen molar-refractivity contribution in [2.45, 2.75) is 12.7 Å². The van der Waals surface area contributed by atoms with E-state index in [1.54, 1.807) is 23.2 Å². The summed E-state index contributed by atoms with van der Waals surface area (Å²) < 4.78 is 64.6. The minimum absolute atomic E-state index is 0.0522. The second-order valence-corrected chi connectivity index (χ2v) is 10.1. The predicted octanol–water partition coefficient (Wildman–Crippen LogP) is 1.51. The SMILES string of the molecule is CS(=O)(=O)N1CCN(C(=O)Cn2cc3cc(NC(=O)c4cccc(C(F)(F)F)n4)ccc3n2)CC1.O=CO. The van der Waals surface area contributed by atoms with Crippen LogP contribution in [0.4, 0.5) is 18.9 Å². The van der Waals surface area contributed by atoms with Gasteiger partial charge in [-0.25, -0.2) is 13.4 Å². The summed E-state index contributed by atoms with van der Waals surface area (Å²) in [4.78, 5) is 38.3. The molecule has 1 aromatic carbocycles. The molecule has 0 spiro atoms. The van der Waals surface area contributed by atoms with Gasteiger partial charge in [-0.2, -0.15) is 22.6 Å². The number of benzene rings is 1. The molecule has 16 heteroatoms. The number of aromatic nitrogens is 3. The number of anilines is 1. The van der Waals surface area contributed by atoms with Crippen LogP contribution in [0, 0.1) is 0 Å². The number of rotatable bonds is 5. The first-order valence-corrected chi connectivity index (χ1v) is 12.8. The fourth-order valence-corrected chi connectivity index (χ4v) is 4.48. The van der Waals surface area contributed by atoms with E-state index in [1.807, 2.05) is 0 Å². The van der Waals surface area contributed by atoms with Crippen molar-refractivity contribution in [2.24, 2.45) is 0 Å². The van der Waals surface area contributed by atoms with Gasteiger partial charge < -0.3 is 15.3 Å². The van der Waals surface area contributed by atoms with Gasteiger partial charge in [-0.3, -0.25) is 19.1 Å². The molecule has 3 aromatic rings. The van der Waals surface area contributed by atoms with E-state index in [0.29, 0.717) is 16.6 Å². The van der Waals surface area contributed by atoms with E-state index in [2.05, 4.69) is 15.4 Å². The molecule has 2 aromatic heterocycles. The van der Waals surface area contributed by atoms with Crippen LogP contribution in [0.5, 0.6) is 0 Å². The lowest BCUT2D eigenvalue weighted by atomic mass is 10.2. The van der Waals surface area contributed by atoms with Crippen molar-refractivity contribution in [1.29, 1.82) is 0 Å². The quantitative estimate of drug-likeness (QED) is 0.448. The van der Waals surface area contributed by atoms with Gasteiger partial charge in [0.2, 0.25) is 15.9 Å². The maximum absolute atomic E-state index is 12.9.